The Morgan fingerprint density at radius 1 is 1.06 bits per heavy atom. The van der Waals surface area contributed by atoms with Crippen molar-refractivity contribution in [3.05, 3.63) is 72.3 Å². The molecular weight excluding hydrogens is 408 g/mol. The number of amides is 2. The Balaban J connectivity index is 1.27. The van der Waals surface area contributed by atoms with Crippen molar-refractivity contribution in [2.45, 2.75) is 13.3 Å². The summed E-state index contributed by atoms with van der Waals surface area (Å²) in [6.45, 7) is 5.11. The summed E-state index contributed by atoms with van der Waals surface area (Å²) in [5.74, 6) is 1.78. The van der Waals surface area contributed by atoms with Crippen LogP contribution in [0.3, 0.4) is 0 Å². The molecule has 166 valence electrons. The van der Waals surface area contributed by atoms with Crippen LogP contribution in [0.5, 0.6) is 5.75 Å². The van der Waals surface area contributed by atoms with Crippen LogP contribution in [0.1, 0.15) is 23.0 Å². The predicted octanol–water partition coefficient (Wildman–Crippen LogP) is 3.22. The number of benzene rings is 1. The summed E-state index contributed by atoms with van der Waals surface area (Å²) < 4.78 is 10.6. The van der Waals surface area contributed by atoms with Crippen LogP contribution >= 0.6 is 0 Å². The maximum Gasteiger partial charge on any atom is 0.289 e. The molecule has 1 fully saturated rings. The fourth-order valence-corrected chi connectivity index (χ4v) is 3.60. The van der Waals surface area contributed by atoms with Gasteiger partial charge in [0.1, 0.15) is 11.6 Å². The van der Waals surface area contributed by atoms with Gasteiger partial charge in [0.15, 0.2) is 5.76 Å². The molecule has 32 heavy (non-hydrogen) atoms. The lowest BCUT2D eigenvalue weighted by Crippen LogP contribution is -2.49. The first-order valence-corrected chi connectivity index (χ1v) is 10.7. The van der Waals surface area contributed by atoms with Crippen LogP contribution in [0.2, 0.25) is 0 Å². The average molecular weight is 434 g/mol. The normalized spacial score (nSPS) is 13.7. The van der Waals surface area contributed by atoms with E-state index in [9.17, 15) is 9.59 Å². The molecule has 3 aromatic rings. The van der Waals surface area contributed by atoms with E-state index >= 15 is 0 Å². The van der Waals surface area contributed by atoms with E-state index in [4.69, 9.17) is 9.15 Å². The summed E-state index contributed by atoms with van der Waals surface area (Å²) in [6, 6.07) is 14.6. The Morgan fingerprint density at radius 2 is 1.84 bits per heavy atom. The van der Waals surface area contributed by atoms with Crippen molar-refractivity contribution in [2.24, 2.45) is 0 Å². The molecule has 1 aliphatic heterocycles. The number of nitrogens with zero attached hydrogens (tertiary/aromatic N) is 3. The van der Waals surface area contributed by atoms with Gasteiger partial charge in [-0.3, -0.25) is 9.59 Å². The largest absolute Gasteiger partial charge is 0.494 e. The first-order chi connectivity index (χ1) is 15.6. The molecule has 0 saturated carbocycles. The van der Waals surface area contributed by atoms with Gasteiger partial charge in [-0.15, -0.1) is 0 Å². The summed E-state index contributed by atoms with van der Waals surface area (Å²) in [4.78, 5) is 33.1. The van der Waals surface area contributed by atoms with Crippen LogP contribution in [-0.4, -0.2) is 54.5 Å². The molecule has 8 nitrogen and oxygen atoms in total. The van der Waals surface area contributed by atoms with Crippen LogP contribution in [0.4, 0.5) is 11.5 Å². The summed E-state index contributed by atoms with van der Waals surface area (Å²) in [5.41, 5.74) is 1.56. The second kappa shape index (κ2) is 10.00. The monoisotopic (exact) mass is 434 g/mol. The fourth-order valence-electron chi connectivity index (χ4n) is 3.60. The van der Waals surface area contributed by atoms with E-state index in [2.05, 4.69) is 15.2 Å². The topological polar surface area (TPSA) is 87.9 Å². The highest BCUT2D eigenvalue weighted by molar-refractivity contribution is 5.92. The number of furan rings is 1. The van der Waals surface area contributed by atoms with Crippen molar-refractivity contribution in [3.8, 4) is 5.75 Å². The maximum absolute atomic E-state index is 12.4. The maximum atomic E-state index is 12.4. The second-order valence-electron chi connectivity index (χ2n) is 7.46. The van der Waals surface area contributed by atoms with Crippen LogP contribution in [0.15, 0.2) is 65.4 Å². The van der Waals surface area contributed by atoms with Gasteiger partial charge in [0, 0.05) is 26.2 Å². The molecule has 1 aliphatic rings. The highest BCUT2D eigenvalue weighted by Crippen LogP contribution is 2.18. The Labute approximate surface area is 186 Å². The molecule has 0 atom stereocenters. The molecule has 2 aromatic heterocycles. The number of nitrogens with one attached hydrogen (secondary N) is 1. The van der Waals surface area contributed by atoms with Gasteiger partial charge in [0.05, 0.1) is 31.2 Å². The van der Waals surface area contributed by atoms with E-state index in [0.29, 0.717) is 44.2 Å². The number of piperazine rings is 1. The molecule has 1 saturated heterocycles. The molecule has 0 bridgehead atoms. The smallest absolute Gasteiger partial charge is 0.289 e. The molecule has 1 N–H and O–H groups in total. The SMILES string of the molecule is CCOc1ccc(CC(=O)Nc2ccc(N3CCN(C(=O)c4ccco4)CC3)nc2)cc1. The highest BCUT2D eigenvalue weighted by atomic mass is 16.5. The Bertz CT molecular complexity index is 1020. The van der Waals surface area contributed by atoms with Crippen LogP contribution in [0, 0.1) is 0 Å². The summed E-state index contributed by atoms with van der Waals surface area (Å²) in [6.07, 6.45) is 3.44. The zero-order valence-electron chi connectivity index (χ0n) is 18.0. The first-order valence-electron chi connectivity index (χ1n) is 10.7. The second-order valence-corrected chi connectivity index (χ2v) is 7.46. The summed E-state index contributed by atoms with van der Waals surface area (Å²) in [7, 11) is 0. The van der Waals surface area contributed by atoms with Gasteiger partial charge in [-0.1, -0.05) is 12.1 Å². The number of pyridine rings is 1. The van der Waals surface area contributed by atoms with Crippen LogP contribution < -0.4 is 15.0 Å². The number of rotatable bonds is 7. The molecule has 0 radical (unpaired) electrons. The predicted molar refractivity (Wildman–Crippen MR) is 121 cm³/mol. The minimum Gasteiger partial charge on any atom is -0.494 e. The summed E-state index contributed by atoms with van der Waals surface area (Å²) in [5, 5.41) is 2.88. The van der Waals surface area contributed by atoms with Gasteiger partial charge < -0.3 is 24.3 Å². The zero-order chi connectivity index (χ0) is 22.3. The third-order valence-corrected chi connectivity index (χ3v) is 5.25. The molecule has 3 heterocycles. The van der Waals surface area contributed by atoms with Gasteiger partial charge in [-0.2, -0.15) is 0 Å². The third kappa shape index (κ3) is 5.26. The quantitative estimate of drug-likeness (QED) is 0.614. The van der Waals surface area contributed by atoms with Crippen molar-refractivity contribution in [1.82, 2.24) is 9.88 Å². The van der Waals surface area contributed by atoms with Crippen molar-refractivity contribution >= 4 is 23.3 Å². The number of hydrogen-bond donors (Lipinski definition) is 1. The van der Waals surface area contributed by atoms with Gasteiger partial charge in [-0.25, -0.2) is 4.98 Å². The van der Waals surface area contributed by atoms with E-state index < -0.39 is 0 Å². The van der Waals surface area contributed by atoms with Crippen molar-refractivity contribution < 1.29 is 18.7 Å². The van der Waals surface area contributed by atoms with E-state index in [0.717, 1.165) is 17.1 Å². The van der Waals surface area contributed by atoms with Crippen LogP contribution in [-0.2, 0) is 11.2 Å². The molecule has 0 aliphatic carbocycles. The number of aromatic nitrogens is 1. The highest BCUT2D eigenvalue weighted by Gasteiger charge is 2.24. The molecule has 2 amide bonds. The van der Waals surface area contributed by atoms with E-state index in [1.54, 1.807) is 23.2 Å². The average Bonchev–Trinajstić information content (AvgIpc) is 3.36. The number of hydrogen-bond acceptors (Lipinski definition) is 6. The van der Waals surface area contributed by atoms with E-state index in [1.807, 2.05) is 43.3 Å². The zero-order valence-corrected chi connectivity index (χ0v) is 18.0. The minimum atomic E-state index is -0.103. The third-order valence-electron chi connectivity index (χ3n) is 5.25. The standard InChI is InChI=1S/C24H26N4O4/c1-2-31-20-8-5-18(6-9-20)16-23(29)26-19-7-10-22(25-17-19)27-11-13-28(14-12-27)24(30)21-4-3-15-32-21/h3-10,15,17H,2,11-14,16H2,1H3,(H,26,29). The van der Waals surface area contributed by atoms with Crippen molar-refractivity contribution in [2.75, 3.05) is 43.0 Å². The number of ether oxygens (including phenoxy) is 1. The van der Waals surface area contributed by atoms with Crippen molar-refractivity contribution in [1.29, 1.82) is 0 Å². The van der Waals surface area contributed by atoms with Gasteiger partial charge in [-0.05, 0) is 48.9 Å². The molecule has 8 heteroatoms. The fraction of sp³-hybridized carbons (Fsp3) is 0.292. The van der Waals surface area contributed by atoms with Crippen molar-refractivity contribution in [3.63, 3.8) is 0 Å². The lowest BCUT2D eigenvalue weighted by molar-refractivity contribution is -0.115. The Morgan fingerprint density at radius 3 is 2.47 bits per heavy atom. The molecule has 0 spiro atoms. The lowest BCUT2D eigenvalue weighted by atomic mass is 10.1. The van der Waals surface area contributed by atoms with E-state index in [1.165, 1.54) is 6.26 Å². The molecule has 4 rings (SSSR count). The molecule has 1 aromatic carbocycles. The number of anilines is 2. The van der Waals surface area contributed by atoms with E-state index in [-0.39, 0.29) is 18.2 Å². The molecular formula is C24H26N4O4. The number of carbonyl (C=O) groups excluding carboxylic acids is 2. The van der Waals surface area contributed by atoms with Crippen LogP contribution in [0.25, 0.3) is 0 Å². The summed E-state index contributed by atoms with van der Waals surface area (Å²) >= 11 is 0. The number of carbonyl (C=O) groups is 2. The minimum absolute atomic E-state index is 0.0896. The first kappa shape index (κ1) is 21.4. The Kier molecular flexibility index (Phi) is 6.69. The van der Waals surface area contributed by atoms with Gasteiger partial charge >= 0.3 is 0 Å². The Hall–Kier alpha value is -3.81. The molecule has 0 unspecified atom stereocenters. The van der Waals surface area contributed by atoms with Gasteiger partial charge in [0.2, 0.25) is 5.91 Å². The lowest BCUT2D eigenvalue weighted by Gasteiger charge is -2.35. The van der Waals surface area contributed by atoms with Gasteiger partial charge in [0.25, 0.3) is 5.91 Å².